The van der Waals surface area contributed by atoms with Crippen molar-refractivity contribution in [2.45, 2.75) is 220 Å². The SMILES string of the molecule is Cc1cc2c3c(c1)N(c1ccc(C(C)(C)C)cc1)c1cc4c(cc1B3c1sc3c(c1N2Cc1ccc(C(C)(C)C)cc1-c1ccc2c(c1)C(C)(C)CCC2(C)C)C(C)(C)CCC3(C)C)C(C)(C)CCC4(C)C. The van der Waals surface area contributed by atoms with Crippen molar-refractivity contribution in [1.82, 2.24) is 0 Å². The third kappa shape index (κ3) is 7.66. The Morgan fingerprint density at radius 3 is 1.65 bits per heavy atom. The first-order valence-corrected chi connectivity index (χ1v) is 28.6. The summed E-state index contributed by atoms with van der Waals surface area (Å²) in [5.74, 6) is 0. The number of rotatable bonds is 4. The van der Waals surface area contributed by atoms with E-state index in [1.165, 1.54) is 128 Å². The highest BCUT2D eigenvalue weighted by atomic mass is 32.1. The van der Waals surface area contributed by atoms with Gasteiger partial charge in [0.25, 0.3) is 6.71 Å². The number of hydrogen-bond donors (Lipinski definition) is 0. The summed E-state index contributed by atoms with van der Waals surface area (Å²) >= 11 is 2.17. The molecule has 0 saturated carbocycles. The van der Waals surface area contributed by atoms with Gasteiger partial charge in [0.15, 0.2) is 0 Å². The molecule has 6 aromatic rings. The van der Waals surface area contributed by atoms with Crippen LogP contribution in [0.4, 0.5) is 28.4 Å². The van der Waals surface area contributed by atoms with E-state index in [9.17, 15) is 0 Å². The van der Waals surface area contributed by atoms with Gasteiger partial charge in [-0.25, -0.2) is 0 Å². The fourth-order valence-electron chi connectivity index (χ4n) is 14.0. The molecule has 3 heterocycles. The van der Waals surface area contributed by atoms with E-state index in [2.05, 4.69) is 238 Å². The van der Waals surface area contributed by atoms with Gasteiger partial charge >= 0.3 is 0 Å². The molecular formula is C68H85BN2S. The van der Waals surface area contributed by atoms with Crippen molar-refractivity contribution < 1.29 is 0 Å². The van der Waals surface area contributed by atoms with Crippen LogP contribution in [0, 0.1) is 6.92 Å². The van der Waals surface area contributed by atoms with E-state index < -0.39 is 0 Å². The normalized spacial score (nSPS) is 20.5. The lowest BCUT2D eigenvalue weighted by atomic mass is 9.35. The fourth-order valence-corrected chi connectivity index (χ4v) is 15.7. The summed E-state index contributed by atoms with van der Waals surface area (Å²) in [6.07, 6.45) is 7.19. The average molecular weight is 973 g/mol. The van der Waals surface area contributed by atoms with Crippen LogP contribution in [0.3, 0.4) is 0 Å². The molecule has 376 valence electrons. The Kier molecular flexibility index (Phi) is 10.9. The van der Waals surface area contributed by atoms with E-state index in [0.717, 1.165) is 6.54 Å². The maximum absolute atomic E-state index is 2.86. The van der Waals surface area contributed by atoms with Crippen LogP contribution >= 0.6 is 11.3 Å². The molecule has 0 atom stereocenters. The molecule has 0 fully saturated rings. The second-order valence-electron chi connectivity index (χ2n) is 29.5. The summed E-state index contributed by atoms with van der Waals surface area (Å²) in [4.78, 5) is 7.14. The molecule has 0 radical (unpaired) electrons. The molecule has 0 amide bonds. The van der Waals surface area contributed by atoms with Crippen LogP contribution in [-0.2, 0) is 49.9 Å². The number of nitrogens with zero attached hydrogens (tertiary/aromatic N) is 2. The number of benzene rings is 5. The molecule has 5 aliphatic rings. The minimum atomic E-state index is 0.0107. The molecule has 0 N–H and O–H groups in total. The van der Waals surface area contributed by atoms with Gasteiger partial charge in [-0.3, -0.25) is 0 Å². The number of anilines is 5. The van der Waals surface area contributed by atoms with Crippen molar-refractivity contribution in [2.24, 2.45) is 0 Å². The second-order valence-corrected chi connectivity index (χ2v) is 30.6. The van der Waals surface area contributed by atoms with Crippen molar-refractivity contribution in [3.05, 3.63) is 140 Å². The largest absolute Gasteiger partial charge is 0.337 e. The Balaban J connectivity index is 1.21. The van der Waals surface area contributed by atoms with Gasteiger partial charge in [0.1, 0.15) is 0 Å². The Morgan fingerprint density at radius 2 is 1.04 bits per heavy atom. The van der Waals surface area contributed by atoms with Crippen LogP contribution in [0.2, 0.25) is 0 Å². The summed E-state index contributed by atoms with van der Waals surface area (Å²) in [5.41, 5.74) is 26.3. The molecule has 0 spiro atoms. The van der Waals surface area contributed by atoms with Crippen molar-refractivity contribution >= 4 is 62.2 Å². The molecular weight excluding hydrogens is 888 g/mol. The first-order valence-electron chi connectivity index (χ1n) is 27.8. The van der Waals surface area contributed by atoms with Crippen LogP contribution in [0.15, 0.2) is 84.9 Å². The van der Waals surface area contributed by atoms with Gasteiger partial charge in [-0.1, -0.05) is 179 Å². The molecule has 2 nitrogen and oxygen atoms in total. The van der Waals surface area contributed by atoms with Gasteiger partial charge in [-0.15, -0.1) is 0 Å². The van der Waals surface area contributed by atoms with E-state index in [-0.39, 0.29) is 50.0 Å². The third-order valence-corrected chi connectivity index (χ3v) is 20.8. The zero-order valence-electron chi connectivity index (χ0n) is 47.9. The van der Waals surface area contributed by atoms with Crippen LogP contribution in [0.1, 0.15) is 218 Å². The van der Waals surface area contributed by atoms with Gasteiger partial charge in [-0.05, 0) is 191 Å². The standard InChI is InChI=1S/C68H85BN2S/c1-41-34-54-57-55(35-41)71(46-25-23-44(24-26-46)61(2,3)4)53-39-51-50(65(12,13)30-31-66(51,14)15)38-52(53)69(57)60-58(56-59(72-60)68(18,19)33-32-67(56,16)17)70(54)40-43-20-22-45(62(5,6)7)37-47(43)42-21-27-48-49(36-42)64(10,11)29-28-63(48,8)9/h20-27,34-39H,28-33,40H2,1-19H3. The van der Waals surface area contributed by atoms with Crippen molar-refractivity contribution in [2.75, 3.05) is 9.80 Å². The maximum Gasteiger partial charge on any atom is 0.264 e. The van der Waals surface area contributed by atoms with Crippen LogP contribution in [0.25, 0.3) is 11.1 Å². The van der Waals surface area contributed by atoms with E-state index in [1.807, 2.05) is 0 Å². The minimum absolute atomic E-state index is 0.0107. The quantitative estimate of drug-likeness (QED) is 0.162. The van der Waals surface area contributed by atoms with Gasteiger partial charge in [0.2, 0.25) is 0 Å². The van der Waals surface area contributed by atoms with Gasteiger partial charge in [-0.2, -0.15) is 11.3 Å². The highest BCUT2D eigenvalue weighted by Gasteiger charge is 2.52. The molecule has 0 saturated heterocycles. The zero-order chi connectivity index (χ0) is 51.8. The van der Waals surface area contributed by atoms with E-state index >= 15 is 0 Å². The lowest BCUT2D eigenvalue weighted by Crippen LogP contribution is -2.61. The van der Waals surface area contributed by atoms with E-state index in [1.54, 1.807) is 20.8 Å². The molecule has 0 bridgehead atoms. The second kappa shape index (κ2) is 15.8. The average Bonchev–Trinajstić information content (AvgIpc) is 3.72. The lowest BCUT2D eigenvalue weighted by Gasteiger charge is -2.47. The molecule has 3 aliphatic carbocycles. The van der Waals surface area contributed by atoms with Crippen molar-refractivity contribution in [3.8, 4) is 11.1 Å². The molecule has 0 unspecified atom stereocenters. The highest BCUT2D eigenvalue weighted by molar-refractivity contribution is 7.29. The summed E-state index contributed by atoms with van der Waals surface area (Å²) in [5, 5.41) is 0. The Hall–Kier alpha value is -4.54. The first-order chi connectivity index (χ1) is 33.3. The fraction of sp³-hybridized carbons (Fsp3) is 0.500. The Morgan fingerprint density at radius 1 is 0.514 bits per heavy atom. The summed E-state index contributed by atoms with van der Waals surface area (Å²) in [6, 6.07) is 35.2. The molecule has 4 heteroatoms. The minimum Gasteiger partial charge on any atom is -0.337 e. The summed E-state index contributed by atoms with van der Waals surface area (Å²) in [6.45, 7) is 47.5. The van der Waals surface area contributed by atoms with Gasteiger partial charge in [0, 0.05) is 38.9 Å². The molecule has 2 aliphatic heterocycles. The molecule has 11 rings (SSSR count). The zero-order valence-corrected chi connectivity index (χ0v) is 48.7. The number of thiophene rings is 1. The molecule has 1 aromatic heterocycles. The molecule has 5 aromatic carbocycles. The van der Waals surface area contributed by atoms with Gasteiger partial charge < -0.3 is 9.80 Å². The highest BCUT2D eigenvalue weighted by Crippen LogP contribution is 2.57. The van der Waals surface area contributed by atoms with Crippen LogP contribution < -0.4 is 25.5 Å². The Labute approximate surface area is 440 Å². The predicted octanol–water partition coefficient (Wildman–Crippen LogP) is 17.3. The number of hydrogen-bond acceptors (Lipinski definition) is 3. The van der Waals surface area contributed by atoms with Crippen LogP contribution in [-0.4, -0.2) is 6.71 Å². The topological polar surface area (TPSA) is 6.48 Å². The summed E-state index contributed by atoms with van der Waals surface area (Å²) < 4.78 is 1.54. The van der Waals surface area contributed by atoms with Crippen molar-refractivity contribution in [3.63, 3.8) is 0 Å². The number of fused-ring (bicyclic) bond motifs is 8. The maximum atomic E-state index is 2.86. The third-order valence-electron chi connectivity index (χ3n) is 19.2. The first kappa shape index (κ1) is 49.7. The van der Waals surface area contributed by atoms with Gasteiger partial charge in [0.05, 0.1) is 5.69 Å². The molecule has 72 heavy (non-hydrogen) atoms. The van der Waals surface area contributed by atoms with Crippen LogP contribution in [0.5, 0.6) is 0 Å². The summed E-state index contributed by atoms with van der Waals surface area (Å²) in [7, 11) is 0. The smallest absolute Gasteiger partial charge is 0.264 e. The van der Waals surface area contributed by atoms with E-state index in [0.29, 0.717) is 0 Å². The number of aryl methyl sites for hydroxylation is 1. The van der Waals surface area contributed by atoms with Crippen molar-refractivity contribution in [1.29, 1.82) is 0 Å². The van der Waals surface area contributed by atoms with E-state index in [4.69, 9.17) is 0 Å². The Bertz CT molecular complexity index is 3210. The monoisotopic (exact) mass is 973 g/mol. The lowest BCUT2D eigenvalue weighted by molar-refractivity contribution is 0.332. The predicted molar refractivity (Wildman–Crippen MR) is 316 cm³/mol.